The summed E-state index contributed by atoms with van der Waals surface area (Å²) in [6.07, 6.45) is 1.02. The maximum absolute atomic E-state index is 13.0. The molecule has 0 aromatic carbocycles. The summed E-state index contributed by atoms with van der Waals surface area (Å²) in [7, 11) is -3.89. The van der Waals surface area contributed by atoms with Gasteiger partial charge in [-0.25, -0.2) is 9.97 Å². The Morgan fingerprint density at radius 1 is 1.22 bits per heavy atom. The molecule has 0 aliphatic carbocycles. The number of aliphatic hydroxyl groups excluding tert-OH is 2. The van der Waals surface area contributed by atoms with Crippen LogP contribution in [0, 0.1) is 0 Å². The molecule has 0 radical (unpaired) electrons. The number of nitrogens with zero attached hydrogens (tertiary/aromatic N) is 3. The highest BCUT2D eigenvalue weighted by atomic mass is 31.2. The summed E-state index contributed by atoms with van der Waals surface area (Å²) >= 11 is 0. The number of nitrogens with two attached hydrogens (primary N) is 1. The van der Waals surface area contributed by atoms with Gasteiger partial charge in [-0.15, -0.1) is 0 Å². The molecule has 180 valence electrons. The fraction of sp³-hybridized carbons (Fsp3) is 0.714. The molecule has 1 aliphatic rings. The van der Waals surface area contributed by atoms with E-state index in [-0.39, 0.29) is 6.42 Å². The monoisotopic (exact) mass is 470 g/mol. The maximum Gasteiger partial charge on any atom is 0.331 e. The Kier molecular flexibility index (Phi) is 7.64. The van der Waals surface area contributed by atoms with Crippen LogP contribution >= 0.6 is 7.60 Å². The van der Waals surface area contributed by atoms with Crippen molar-refractivity contribution in [2.24, 2.45) is 0 Å². The Morgan fingerprint density at radius 3 is 2.47 bits per heavy atom. The number of aromatic nitrogens is 3. The van der Waals surface area contributed by atoms with Crippen LogP contribution in [0.3, 0.4) is 0 Å². The third-order valence-corrected chi connectivity index (χ3v) is 9.04. The van der Waals surface area contributed by atoms with Crippen LogP contribution in [0.25, 0.3) is 11.0 Å². The van der Waals surface area contributed by atoms with Crippen molar-refractivity contribution in [3.8, 4) is 0 Å². The van der Waals surface area contributed by atoms with Crippen LogP contribution in [0.2, 0.25) is 0 Å². The van der Waals surface area contributed by atoms with E-state index in [1.165, 1.54) is 6.33 Å². The van der Waals surface area contributed by atoms with E-state index >= 15 is 0 Å². The molecule has 2 aromatic heterocycles. The number of fused-ring (bicyclic) bond motifs is 1. The lowest BCUT2D eigenvalue weighted by Crippen LogP contribution is -2.40. The molecule has 10 nitrogen and oxygen atoms in total. The third kappa shape index (κ3) is 4.58. The van der Waals surface area contributed by atoms with Gasteiger partial charge in [0.05, 0.1) is 22.8 Å². The second-order valence-electron chi connectivity index (χ2n) is 8.49. The molecule has 11 heteroatoms. The second-order valence-corrected chi connectivity index (χ2v) is 10.5. The van der Waals surface area contributed by atoms with Crippen molar-refractivity contribution < 1.29 is 28.9 Å². The van der Waals surface area contributed by atoms with Gasteiger partial charge in [-0.05, 0) is 31.7 Å². The quantitative estimate of drug-likeness (QED) is 0.384. The van der Waals surface area contributed by atoms with Crippen LogP contribution in [0.1, 0.15) is 66.0 Å². The first-order valence-electron chi connectivity index (χ1n) is 11.2. The Labute approximate surface area is 188 Å². The average molecular weight is 471 g/mol. The number of nitrogen functional groups attached to an aromatic ring is 1. The number of hydrogen-bond acceptors (Lipinski definition) is 8. The molecular formula is C21H35N4O6P. The summed E-state index contributed by atoms with van der Waals surface area (Å²) in [5.74, 6) is 0.308. The lowest BCUT2D eigenvalue weighted by Gasteiger charge is -2.37. The number of ether oxygens (including phenoxy) is 1. The zero-order chi connectivity index (χ0) is 23.7. The molecule has 5 atom stereocenters. The summed E-state index contributed by atoms with van der Waals surface area (Å²) in [4.78, 5) is 18.9. The van der Waals surface area contributed by atoms with Gasteiger partial charge in [-0.2, -0.15) is 0 Å². The predicted octanol–water partition coefficient (Wildman–Crippen LogP) is 2.97. The lowest BCUT2D eigenvalue weighted by atomic mass is 9.88. The molecule has 1 aliphatic heterocycles. The Hall–Kier alpha value is -1.55. The molecule has 0 bridgehead atoms. The third-order valence-electron chi connectivity index (χ3n) is 6.74. The summed E-state index contributed by atoms with van der Waals surface area (Å²) in [6.45, 7) is 7.49. The summed E-state index contributed by atoms with van der Waals surface area (Å²) in [6, 6.07) is 1.73. The first kappa shape index (κ1) is 25.1. The molecular weight excluding hydrogens is 435 g/mol. The Morgan fingerprint density at radius 2 is 1.88 bits per heavy atom. The minimum Gasteiger partial charge on any atom is -0.388 e. The van der Waals surface area contributed by atoms with E-state index in [2.05, 4.69) is 9.97 Å². The van der Waals surface area contributed by atoms with Crippen molar-refractivity contribution >= 4 is 24.4 Å². The molecule has 1 saturated heterocycles. The molecule has 3 heterocycles. The smallest absolute Gasteiger partial charge is 0.331 e. The maximum atomic E-state index is 13.0. The molecule has 5 N–H and O–H groups in total. The molecule has 0 spiro atoms. The Balaban J connectivity index is 1.85. The first-order valence-corrected chi connectivity index (χ1v) is 12.9. The predicted molar refractivity (Wildman–Crippen MR) is 121 cm³/mol. The van der Waals surface area contributed by atoms with Crippen LogP contribution in [0.4, 0.5) is 5.82 Å². The topological polar surface area (TPSA) is 153 Å². The molecule has 0 amide bonds. The van der Waals surface area contributed by atoms with Gasteiger partial charge in [0.1, 0.15) is 30.0 Å². The van der Waals surface area contributed by atoms with Crippen molar-refractivity contribution in [1.29, 1.82) is 0 Å². The van der Waals surface area contributed by atoms with Gasteiger partial charge < -0.3 is 34.7 Å². The minimum absolute atomic E-state index is 0.162. The van der Waals surface area contributed by atoms with Gasteiger partial charge in [-0.1, -0.05) is 27.7 Å². The standard InChI is InChI=1S/C21H35N4O6P/c1-5-13(6-2)32(28,29)31-21(7-3,8-4)11-15-16(26)17(27)20(30-15)25-10-9-14-18(22)23-12-24-19(14)25/h9-10,12-13,15-17,20,26-27H,5-8,11H2,1-4H3,(H,28,29)(H2,22,23,24)/t15?,16?,17-,20-/m1/s1. The average Bonchev–Trinajstić information content (AvgIpc) is 3.31. The van der Waals surface area contributed by atoms with Gasteiger partial charge >= 0.3 is 7.60 Å². The van der Waals surface area contributed by atoms with Gasteiger partial charge in [0, 0.05) is 12.6 Å². The minimum atomic E-state index is -3.89. The normalized spacial score (nSPS) is 26.1. The first-order chi connectivity index (χ1) is 15.1. The Bertz CT molecular complexity index is 961. The van der Waals surface area contributed by atoms with E-state index in [0.29, 0.717) is 42.5 Å². The van der Waals surface area contributed by atoms with Gasteiger partial charge in [-0.3, -0.25) is 4.57 Å². The molecule has 0 saturated carbocycles. The van der Waals surface area contributed by atoms with Crippen molar-refractivity contribution in [3.05, 3.63) is 18.6 Å². The van der Waals surface area contributed by atoms with E-state index in [1.54, 1.807) is 16.8 Å². The summed E-state index contributed by atoms with van der Waals surface area (Å²) in [5.41, 5.74) is 4.95. The highest BCUT2D eigenvalue weighted by molar-refractivity contribution is 7.53. The summed E-state index contributed by atoms with van der Waals surface area (Å²) in [5, 5.41) is 22.1. The molecule has 1 fully saturated rings. The highest BCUT2D eigenvalue weighted by Gasteiger charge is 2.49. The van der Waals surface area contributed by atoms with Crippen molar-refractivity contribution in [1.82, 2.24) is 14.5 Å². The van der Waals surface area contributed by atoms with Crippen LogP contribution < -0.4 is 5.73 Å². The number of hydrogen-bond donors (Lipinski definition) is 4. The van der Waals surface area contributed by atoms with E-state index in [9.17, 15) is 19.7 Å². The van der Waals surface area contributed by atoms with Crippen LogP contribution in [0.5, 0.6) is 0 Å². The van der Waals surface area contributed by atoms with Crippen molar-refractivity contribution in [2.75, 3.05) is 5.73 Å². The van der Waals surface area contributed by atoms with E-state index < -0.39 is 43.4 Å². The van der Waals surface area contributed by atoms with E-state index in [1.807, 2.05) is 27.7 Å². The van der Waals surface area contributed by atoms with Crippen LogP contribution in [-0.4, -0.2) is 59.2 Å². The molecule has 2 aromatic rings. The zero-order valence-corrected chi connectivity index (χ0v) is 20.0. The van der Waals surface area contributed by atoms with Crippen molar-refractivity contribution in [3.63, 3.8) is 0 Å². The van der Waals surface area contributed by atoms with Crippen LogP contribution in [-0.2, 0) is 13.8 Å². The van der Waals surface area contributed by atoms with Gasteiger partial charge in [0.15, 0.2) is 6.23 Å². The molecule has 3 unspecified atom stereocenters. The zero-order valence-electron chi connectivity index (χ0n) is 19.1. The van der Waals surface area contributed by atoms with Gasteiger partial charge in [0.2, 0.25) is 0 Å². The van der Waals surface area contributed by atoms with Crippen molar-refractivity contribution in [2.45, 2.75) is 95.6 Å². The number of aliphatic hydroxyl groups is 2. The fourth-order valence-corrected chi connectivity index (χ4v) is 6.46. The van der Waals surface area contributed by atoms with Gasteiger partial charge in [0.25, 0.3) is 0 Å². The number of anilines is 1. The molecule has 3 rings (SSSR count). The SMILES string of the molecule is CCC(CC)P(=O)(O)OC(CC)(CC)CC1O[C@@H](n2ccc3c(N)ncnc32)[C@H](O)C1O. The second kappa shape index (κ2) is 9.75. The van der Waals surface area contributed by atoms with Crippen LogP contribution in [0.15, 0.2) is 18.6 Å². The van der Waals surface area contributed by atoms with E-state index in [4.69, 9.17) is 15.0 Å². The lowest BCUT2D eigenvalue weighted by molar-refractivity contribution is -0.0712. The largest absolute Gasteiger partial charge is 0.388 e. The molecule has 32 heavy (non-hydrogen) atoms. The fourth-order valence-electron chi connectivity index (χ4n) is 4.50. The summed E-state index contributed by atoms with van der Waals surface area (Å²) < 4.78 is 26.6. The van der Waals surface area contributed by atoms with E-state index in [0.717, 1.165) is 0 Å². The number of rotatable bonds is 10. The highest BCUT2D eigenvalue weighted by Crippen LogP contribution is 2.56.